The zero-order valence-corrected chi connectivity index (χ0v) is 14.5. The van der Waals surface area contributed by atoms with Crippen LogP contribution in [0, 0.1) is 0 Å². The Morgan fingerprint density at radius 1 is 1.14 bits per heavy atom. The maximum atomic E-state index is 12.1. The Morgan fingerprint density at radius 2 is 2.00 bits per heavy atom. The predicted octanol–water partition coefficient (Wildman–Crippen LogP) is 1.26. The molecular weight excluding hydrogens is 364 g/mol. The van der Waals surface area contributed by atoms with Crippen LogP contribution in [0.2, 0.25) is 0 Å². The topological polar surface area (TPSA) is 129 Å². The van der Waals surface area contributed by atoms with Crippen molar-refractivity contribution in [3.05, 3.63) is 71.2 Å². The Morgan fingerprint density at radius 3 is 2.79 bits per heavy atom. The fourth-order valence-corrected chi connectivity index (χ4v) is 2.41. The Hall–Kier alpha value is -4.08. The minimum atomic E-state index is -0.425. The molecule has 4 rings (SSSR count). The number of carbonyl (C=O) groups is 1. The molecule has 0 aliphatic heterocycles. The van der Waals surface area contributed by atoms with Gasteiger partial charge in [-0.1, -0.05) is 5.16 Å². The van der Waals surface area contributed by atoms with Crippen LogP contribution in [-0.2, 0) is 17.9 Å². The number of amides is 1. The maximum absolute atomic E-state index is 12.1. The van der Waals surface area contributed by atoms with E-state index in [2.05, 4.69) is 25.5 Å². The highest BCUT2D eigenvalue weighted by Gasteiger charge is 2.14. The van der Waals surface area contributed by atoms with Gasteiger partial charge in [-0.25, -0.2) is 4.68 Å². The van der Waals surface area contributed by atoms with Gasteiger partial charge in [-0.3, -0.25) is 14.6 Å². The molecule has 1 N–H and O–H groups in total. The third kappa shape index (κ3) is 3.85. The summed E-state index contributed by atoms with van der Waals surface area (Å²) in [5, 5.41) is 10.7. The van der Waals surface area contributed by atoms with Gasteiger partial charge in [-0.15, -0.1) is 0 Å². The highest BCUT2D eigenvalue weighted by atomic mass is 16.5. The molecule has 0 spiro atoms. The Labute approximate surface area is 157 Å². The number of nitrogens with one attached hydrogen (secondary N) is 1. The molecule has 4 aromatic rings. The van der Waals surface area contributed by atoms with E-state index in [1.54, 1.807) is 36.7 Å². The van der Waals surface area contributed by atoms with Crippen molar-refractivity contribution in [1.29, 1.82) is 0 Å². The Kier molecular flexibility index (Phi) is 4.74. The first-order valence-electron chi connectivity index (χ1n) is 8.31. The monoisotopic (exact) mass is 378 g/mol. The number of hydrogen-bond donors (Lipinski definition) is 1. The van der Waals surface area contributed by atoms with Crippen LogP contribution in [0.1, 0.15) is 5.76 Å². The van der Waals surface area contributed by atoms with E-state index in [0.717, 1.165) is 10.2 Å². The summed E-state index contributed by atoms with van der Waals surface area (Å²) in [7, 11) is 0. The molecule has 0 aliphatic rings. The zero-order chi connectivity index (χ0) is 19.3. The average Bonchev–Trinajstić information content (AvgIpc) is 3.41. The summed E-state index contributed by atoms with van der Waals surface area (Å²) in [5.41, 5.74) is 0.590. The molecule has 0 saturated heterocycles. The molecule has 0 aromatic carbocycles. The molecule has 0 radical (unpaired) electrons. The highest BCUT2D eigenvalue weighted by molar-refractivity contribution is 5.75. The lowest BCUT2D eigenvalue weighted by Gasteiger charge is -2.06. The minimum Gasteiger partial charge on any atom is -0.467 e. The molecule has 0 fully saturated rings. The highest BCUT2D eigenvalue weighted by Crippen LogP contribution is 2.19. The maximum Gasteiger partial charge on any atom is 0.278 e. The molecule has 0 bridgehead atoms. The summed E-state index contributed by atoms with van der Waals surface area (Å²) in [6.45, 7) is -0.0298. The van der Waals surface area contributed by atoms with Crippen molar-refractivity contribution in [1.82, 2.24) is 30.2 Å². The molecule has 0 aliphatic carbocycles. The smallest absolute Gasteiger partial charge is 0.278 e. The second-order valence-electron chi connectivity index (χ2n) is 5.73. The fraction of sp³-hybridized carbons (Fsp3) is 0.111. The van der Waals surface area contributed by atoms with E-state index >= 15 is 0 Å². The van der Waals surface area contributed by atoms with E-state index in [0.29, 0.717) is 11.6 Å². The van der Waals surface area contributed by atoms with Gasteiger partial charge in [0, 0.05) is 24.0 Å². The molecule has 10 nitrogen and oxygen atoms in total. The van der Waals surface area contributed by atoms with Crippen molar-refractivity contribution in [3.8, 4) is 23.0 Å². The summed E-state index contributed by atoms with van der Waals surface area (Å²) in [5.74, 6) is 0.729. The second kappa shape index (κ2) is 7.66. The molecule has 0 atom stereocenters. The van der Waals surface area contributed by atoms with Gasteiger partial charge in [0.15, 0.2) is 0 Å². The third-order valence-electron chi connectivity index (χ3n) is 3.78. The molecular formula is C18H14N6O4. The van der Waals surface area contributed by atoms with E-state index < -0.39 is 5.56 Å². The second-order valence-corrected chi connectivity index (χ2v) is 5.73. The molecule has 0 saturated carbocycles. The van der Waals surface area contributed by atoms with Crippen LogP contribution < -0.4 is 10.9 Å². The third-order valence-corrected chi connectivity index (χ3v) is 3.78. The van der Waals surface area contributed by atoms with Crippen molar-refractivity contribution in [2.24, 2.45) is 0 Å². The van der Waals surface area contributed by atoms with Crippen molar-refractivity contribution in [2.75, 3.05) is 0 Å². The number of pyridine rings is 1. The van der Waals surface area contributed by atoms with Gasteiger partial charge in [0.1, 0.15) is 18.0 Å². The number of nitrogens with zero attached hydrogens (tertiary/aromatic N) is 5. The number of aromatic nitrogens is 5. The van der Waals surface area contributed by atoms with Gasteiger partial charge in [0.05, 0.1) is 12.8 Å². The van der Waals surface area contributed by atoms with Crippen LogP contribution in [0.25, 0.3) is 23.0 Å². The van der Waals surface area contributed by atoms with Crippen LogP contribution in [0.15, 0.2) is 68.8 Å². The van der Waals surface area contributed by atoms with Crippen LogP contribution in [0.5, 0.6) is 0 Å². The van der Waals surface area contributed by atoms with Crippen molar-refractivity contribution in [2.45, 2.75) is 13.1 Å². The van der Waals surface area contributed by atoms with E-state index in [-0.39, 0.29) is 30.6 Å². The summed E-state index contributed by atoms with van der Waals surface area (Å²) >= 11 is 0. The first-order valence-corrected chi connectivity index (χ1v) is 8.31. The summed E-state index contributed by atoms with van der Waals surface area (Å²) < 4.78 is 11.4. The summed E-state index contributed by atoms with van der Waals surface area (Å²) in [4.78, 5) is 32.3. The lowest BCUT2D eigenvalue weighted by molar-refractivity contribution is -0.122. The number of carbonyl (C=O) groups excluding carboxylic acids is 1. The quantitative estimate of drug-likeness (QED) is 0.531. The van der Waals surface area contributed by atoms with Crippen LogP contribution >= 0.6 is 0 Å². The van der Waals surface area contributed by atoms with Crippen molar-refractivity contribution >= 4 is 5.91 Å². The first kappa shape index (κ1) is 17.3. The van der Waals surface area contributed by atoms with Gasteiger partial charge in [0.2, 0.25) is 11.7 Å². The molecule has 4 heterocycles. The van der Waals surface area contributed by atoms with Crippen molar-refractivity contribution in [3.63, 3.8) is 0 Å². The molecule has 4 aromatic heterocycles. The zero-order valence-electron chi connectivity index (χ0n) is 14.5. The normalized spacial score (nSPS) is 10.7. The van der Waals surface area contributed by atoms with Gasteiger partial charge < -0.3 is 14.3 Å². The first-order chi connectivity index (χ1) is 13.7. The molecule has 140 valence electrons. The fourth-order valence-electron chi connectivity index (χ4n) is 2.41. The van der Waals surface area contributed by atoms with Crippen molar-refractivity contribution < 1.29 is 13.7 Å². The predicted molar refractivity (Wildman–Crippen MR) is 95.6 cm³/mol. The van der Waals surface area contributed by atoms with Gasteiger partial charge in [-0.2, -0.15) is 10.1 Å². The van der Waals surface area contributed by atoms with Crippen LogP contribution in [0.4, 0.5) is 0 Å². The number of furan rings is 1. The van der Waals surface area contributed by atoms with Gasteiger partial charge in [-0.05, 0) is 30.3 Å². The molecule has 28 heavy (non-hydrogen) atoms. The lowest BCUT2D eigenvalue weighted by Crippen LogP contribution is -2.33. The molecule has 1 amide bonds. The van der Waals surface area contributed by atoms with Crippen LogP contribution in [-0.4, -0.2) is 30.8 Å². The molecule has 10 heteroatoms. The van der Waals surface area contributed by atoms with E-state index in [4.69, 9.17) is 8.94 Å². The standard InChI is InChI=1S/C18H14N6O4/c25-15(20-10-13-2-1-9-27-13)11-24-16(26)4-3-14(22-24)18-21-17(23-28-18)12-5-7-19-8-6-12/h1-9H,10-11H2,(H,20,25). The minimum absolute atomic E-state index is 0.136. The lowest BCUT2D eigenvalue weighted by atomic mass is 10.2. The van der Waals surface area contributed by atoms with Gasteiger partial charge in [0.25, 0.3) is 11.4 Å². The van der Waals surface area contributed by atoms with Crippen LogP contribution in [0.3, 0.4) is 0 Å². The summed E-state index contributed by atoms with van der Waals surface area (Å²) in [6, 6.07) is 9.70. The SMILES string of the molecule is O=C(Cn1nc(-c2nc(-c3ccncc3)no2)ccc1=O)NCc1ccco1. The summed E-state index contributed by atoms with van der Waals surface area (Å²) in [6.07, 6.45) is 4.75. The van der Waals surface area contributed by atoms with E-state index in [9.17, 15) is 9.59 Å². The average molecular weight is 378 g/mol. The van der Waals surface area contributed by atoms with Gasteiger partial charge >= 0.3 is 0 Å². The Balaban J connectivity index is 1.50. The Bertz CT molecular complexity index is 1130. The molecule has 0 unspecified atom stereocenters. The number of hydrogen-bond acceptors (Lipinski definition) is 8. The number of rotatable bonds is 6. The largest absolute Gasteiger partial charge is 0.467 e. The van der Waals surface area contributed by atoms with E-state index in [1.165, 1.54) is 18.4 Å². The van der Waals surface area contributed by atoms with E-state index in [1.807, 2.05) is 0 Å².